The van der Waals surface area contributed by atoms with Gasteiger partial charge in [-0.3, -0.25) is 0 Å². The minimum atomic E-state index is 0. The molecule has 0 saturated heterocycles. The zero-order valence-corrected chi connectivity index (χ0v) is 6.82. The van der Waals surface area contributed by atoms with E-state index in [2.05, 4.69) is 0 Å². The molecule has 0 spiro atoms. The van der Waals surface area contributed by atoms with Crippen LogP contribution in [0.3, 0.4) is 0 Å². The van der Waals surface area contributed by atoms with E-state index in [1.54, 1.807) is 0 Å². The van der Waals surface area contributed by atoms with E-state index in [4.69, 9.17) is 5.11 Å². The first-order valence-corrected chi connectivity index (χ1v) is 1.52. The Balaban J connectivity index is -0.0000000450. The number of aliphatic hydroxyl groups is 1. The van der Waals surface area contributed by atoms with E-state index in [9.17, 15) is 0 Å². The third kappa shape index (κ3) is 21.1. The number of rotatable bonds is 1. The van der Waals surface area contributed by atoms with Crippen molar-refractivity contribution in [2.75, 3.05) is 6.61 Å². The normalized spacial score (nSPS) is 5.00. The Bertz CT molecular complexity index is 9.51. The summed E-state index contributed by atoms with van der Waals surface area (Å²) in [7, 11) is 0. The fourth-order valence-electron chi connectivity index (χ4n) is 0. The average Bonchev–Trinajstić information content (AvgIpc) is 1.37. The van der Waals surface area contributed by atoms with Crippen LogP contribution >= 0.6 is 0 Å². The van der Waals surface area contributed by atoms with Crippen LogP contribution in [-0.4, -0.2) is 11.7 Å². The first-order chi connectivity index (χ1) is 1.91. The third-order valence-corrected chi connectivity index (χ3v) is 0.224. The van der Waals surface area contributed by atoms with Crippen molar-refractivity contribution in [3.05, 3.63) is 7.43 Å². The van der Waals surface area contributed by atoms with Gasteiger partial charge < -0.3 is 12.5 Å². The third-order valence-electron chi connectivity index (χ3n) is 0.224. The smallest absolute Gasteiger partial charge is 0.0428 e. The van der Waals surface area contributed by atoms with Crippen LogP contribution in [0, 0.1) is 7.43 Å². The van der Waals surface area contributed by atoms with Crippen LogP contribution < -0.4 is 0 Å². The van der Waals surface area contributed by atoms with E-state index in [1.165, 1.54) is 0 Å². The van der Waals surface area contributed by atoms with Crippen LogP contribution in [-0.2, 0) is 26.2 Å². The second-order valence-electron chi connectivity index (χ2n) is 0.724. The van der Waals surface area contributed by atoms with Crippen LogP contribution in [0.5, 0.6) is 0 Å². The van der Waals surface area contributed by atoms with Gasteiger partial charge >= 0.3 is 0 Å². The molecular formula is C4H11OZr-. The summed E-state index contributed by atoms with van der Waals surface area (Å²) in [5.74, 6) is 0. The Hall–Kier alpha value is 0.843. The van der Waals surface area contributed by atoms with Gasteiger partial charge in [0.05, 0.1) is 0 Å². The zero-order valence-electron chi connectivity index (χ0n) is 4.36. The van der Waals surface area contributed by atoms with Crippen LogP contribution in [0.4, 0.5) is 0 Å². The van der Waals surface area contributed by atoms with Crippen molar-refractivity contribution < 1.29 is 31.3 Å². The maximum atomic E-state index is 7.88. The van der Waals surface area contributed by atoms with Gasteiger partial charge in [0, 0.05) is 32.8 Å². The molecule has 0 aromatic rings. The fraction of sp³-hybridized carbons (Fsp3) is 0.750. The fourth-order valence-corrected chi connectivity index (χ4v) is 0. The molecule has 1 N–H and O–H groups in total. The monoisotopic (exact) mass is 165 g/mol. The Morgan fingerprint density at radius 2 is 1.67 bits per heavy atom. The van der Waals surface area contributed by atoms with E-state index < -0.39 is 0 Å². The summed E-state index contributed by atoms with van der Waals surface area (Å²) in [5, 5.41) is 7.88. The summed E-state index contributed by atoms with van der Waals surface area (Å²) in [6, 6.07) is 0. The molecule has 0 fully saturated rings. The molecule has 0 aromatic heterocycles. The summed E-state index contributed by atoms with van der Waals surface area (Å²) < 4.78 is 0. The zero-order chi connectivity index (χ0) is 3.41. The first-order valence-electron chi connectivity index (χ1n) is 1.52. The first kappa shape index (κ1) is 15.8. The minimum Gasteiger partial charge on any atom is -0.396 e. The molecule has 0 saturated carbocycles. The maximum absolute atomic E-state index is 7.88. The van der Waals surface area contributed by atoms with Gasteiger partial charge in [0.25, 0.3) is 0 Å². The van der Waals surface area contributed by atoms with Crippen LogP contribution in [0.2, 0.25) is 0 Å². The predicted molar refractivity (Wildman–Crippen MR) is 23.8 cm³/mol. The Morgan fingerprint density at radius 3 is 1.67 bits per heavy atom. The van der Waals surface area contributed by atoms with E-state index in [0.717, 1.165) is 6.42 Å². The standard InChI is InChI=1S/C3H8O.CH3.Zr/c1-2-3-4;;/h4H,2-3H2,1H3;1H3;/q;-1;. The summed E-state index contributed by atoms with van der Waals surface area (Å²) >= 11 is 0. The molecule has 0 aromatic carbocycles. The van der Waals surface area contributed by atoms with Crippen molar-refractivity contribution in [3.63, 3.8) is 0 Å². The Morgan fingerprint density at radius 1 is 1.50 bits per heavy atom. The molecule has 0 radical (unpaired) electrons. The molecule has 2 heteroatoms. The van der Waals surface area contributed by atoms with Gasteiger partial charge in [-0.2, -0.15) is 0 Å². The van der Waals surface area contributed by atoms with Crippen LogP contribution in [0.15, 0.2) is 0 Å². The second-order valence-corrected chi connectivity index (χ2v) is 0.724. The molecule has 0 heterocycles. The van der Waals surface area contributed by atoms with Crippen molar-refractivity contribution in [1.82, 2.24) is 0 Å². The van der Waals surface area contributed by atoms with Crippen molar-refractivity contribution >= 4 is 0 Å². The van der Waals surface area contributed by atoms with Gasteiger partial charge in [0.1, 0.15) is 0 Å². The summed E-state index contributed by atoms with van der Waals surface area (Å²) in [4.78, 5) is 0. The second kappa shape index (κ2) is 17.0. The van der Waals surface area contributed by atoms with Crippen LogP contribution in [0.1, 0.15) is 13.3 Å². The molecule has 6 heavy (non-hydrogen) atoms. The Labute approximate surface area is 58.9 Å². The molecule has 0 bridgehead atoms. The number of hydrogen-bond donors (Lipinski definition) is 1. The topological polar surface area (TPSA) is 20.2 Å². The molecule has 0 aliphatic heterocycles. The van der Waals surface area contributed by atoms with Gasteiger partial charge in [-0.05, 0) is 6.42 Å². The Kier molecular flexibility index (Phi) is 44.7. The molecule has 38 valence electrons. The van der Waals surface area contributed by atoms with Gasteiger partial charge in [-0.1, -0.05) is 6.92 Å². The maximum Gasteiger partial charge on any atom is 0.0428 e. The molecule has 0 amide bonds. The molecular weight excluding hydrogens is 155 g/mol. The van der Waals surface area contributed by atoms with Gasteiger partial charge in [-0.25, -0.2) is 0 Å². The predicted octanol–water partition coefficient (Wildman–Crippen LogP) is 0.836. The van der Waals surface area contributed by atoms with E-state index in [-0.39, 0.29) is 33.6 Å². The van der Waals surface area contributed by atoms with Crippen molar-refractivity contribution in [2.24, 2.45) is 0 Å². The van der Waals surface area contributed by atoms with Crippen LogP contribution in [0.25, 0.3) is 0 Å². The summed E-state index contributed by atoms with van der Waals surface area (Å²) in [6.45, 7) is 2.25. The van der Waals surface area contributed by atoms with Gasteiger partial charge in [0.15, 0.2) is 0 Å². The molecule has 0 aliphatic rings. The van der Waals surface area contributed by atoms with Gasteiger partial charge in [-0.15, -0.1) is 0 Å². The summed E-state index contributed by atoms with van der Waals surface area (Å²) in [5.41, 5.74) is 0. The molecule has 1 nitrogen and oxygen atoms in total. The number of hydrogen-bond acceptors (Lipinski definition) is 1. The van der Waals surface area contributed by atoms with E-state index >= 15 is 0 Å². The van der Waals surface area contributed by atoms with Gasteiger partial charge in [0.2, 0.25) is 0 Å². The quantitative estimate of drug-likeness (QED) is 0.572. The molecule has 0 aliphatic carbocycles. The van der Waals surface area contributed by atoms with Crippen molar-refractivity contribution in [2.45, 2.75) is 13.3 Å². The molecule has 0 atom stereocenters. The summed E-state index contributed by atoms with van der Waals surface area (Å²) in [6.07, 6.45) is 0.875. The minimum absolute atomic E-state index is 0. The van der Waals surface area contributed by atoms with Crippen molar-refractivity contribution in [3.8, 4) is 0 Å². The van der Waals surface area contributed by atoms with E-state index in [0.29, 0.717) is 6.61 Å². The average molecular weight is 166 g/mol. The SMILES string of the molecule is CCCO.[CH3-].[Zr]. The number of aliphatic hydroxyl groups excluding tert-OH is 1. The molecule has 0 rings (SSSR count). The van der Waals surface area contributed by atoms with Crippen molar-refractivity contribution in [1.29, 1.82) is 0 Å². The molecule has 0 unspecified atom stereocenters. The largest absolute Gasteiger partial charge is 0.396 e. The van der Waals surface area contributed by atoms with E-state index in [1.807, 2.05) is 6.92 Å².